The van der Waals surface area contributed by atoms with E-state index in [1.54, 1.807) is 6.08 Å². The number of benzene rings is 11. The predicted octanol–water partition coefficient (Wildman–Crippen LogP) is 20.6. The third-order valence-corrected chi connectivity index (χ3v) is 17.2. The molecule has 7 heterocycles. The molecule has 0 amide bonds. The van der Waals surface area contributed by atoms with Crippen molar-refractivity contribution in [1.82, 2.24) is 23.7 Å². The van der Waals surface area contributed by atoms with Crippen molar-refractivity contribution < 1.29 is 13.3 Å². The number of hydrogen-bond acceptors (Lipinski definition) is 5. The smallest absolute Gasteiger partial charge is 0.160 e. The van der Waals surface area contributed by atoms with Gasteiger partial charge in [0.05, 0.1) is 44.5 Å². The van der Waals surface area contributed by atoms with Crippen LogP contribution in [-0.4, -0.2) is 23.7 Å². The van der Waals surface area contributed by atoms with Crippen LogP contribution in [0.1, 0.15) is 11.3 Å². The molecule has 0 radical (unpaired) electrons. The molecule has 11 aromatic carbocycles. The van der Waals surface area contributed by atoms with Gasteiger partial charge in [0.15, 0.2) is 5.82 Å². The average molecular weight is 1080 g/mol. The fraction of sp³-hybridized carbons (Fsp3) is 0. The van der Waals surface area contributed by atoms with Gasteiger partial charge < -0.3 is 27.0 Å². The van der Waals surface area contributed by atoms with E-state index in [-0.39, 0.29) is 0 Å². The van der Waals surface area contributed by atoms with Crippen molar-refractivity contribution in [2.45, 2.75) is 0 Å². The molecule has 0 saturated heterocycles. The molecule has 8 nitrogen and oxygen atoms in total. The molecule has 84 heavy (non-hydrogen) atoms. The summed E-state index contributed by atoms with van der Waals surface area (Å²) in [5.41, 5.74) is 19.1. The van der Waals surface area contributed by atoms with E-state index in [9.17, 15) is 0 Å². The maximum Gasteiger partial charge on any atom is 0.160 e. The largest absolute Gasteiger partial charge is 0.456 e. The number of para-hydroxylation sites is 5. The molecule has 0 bridgehead atoms. The van der Waals surface area contributed by atoms with Crippen LogP contribution in [0.3, 0.4) is 0 Å². The van der Waals surface area contributed by atoms with Gasteiger partial charge in [0.25, 0.3) is 0 Å². The van der Waals surface area contributed by atoms with Gasteiger partial charge in [-0.25, -0.2) is 9.97 Å². The maximum absolute atomic E-state index is 6.49. The molecule has 0 atom stereocenters. The third-order valence-electron chi connectivity index (χ3n) is 17.2. The van der Waals surface area contributed by atoms with E-state index in [4.69, 9.17) is 23.2 Å². The lowest BCUT2D eigenvalue weighted by Gasteiger charge is -2.13. The Kier molecular flexibility index (Phi) is 9.65. The highest BCUT2D eigenvalue weighted by atomic mass is 16.3. The van der Waals surface area contributed by atoms with Gasteiger partial charge in [-0.3, -0.25) is 0 Å². The van der Waals surface area contributed by atoms with E-state index in [1.165, 1.54) is 16.2 Å². The first-order chi connectivity index (χ1) is 41.5. The van der Waals surface area contributed by atoms with Gasteiger partial charge in [0, 0.05) is 117 Å². The van der Waals surface area contributed by atoms with Gasteiger partial charge in [0.1, 0.15) is 33.7 Å². The number of furan rings is 3. The van der Waals surface area contributed by atoms with Crippen LogP contribution >= 0.6 is 0 Å². The first-order valence-corrected chi connectivity index (χ1v) is 28.2. The van der Waals surface area contributed by atoms with Crippen molar-refractivity contribution in [3.63, 3.8) is 0 Å². The van der Waals surface area contributed by atoms with Crippen LogP contribution in [0.5, 0.6) is 0 Å². The Labute approximate surface area is 478 Å². The fourth-order valence-corrected chi connectivity index (χ4v) is 13.4. The number of fused-ring (bicyclic) bond motifs is 16. The first-order valence-electron chi connectivity index (χ1n) is 28.2. The Bertz CT molecular complexity index is 5840. The summed E-state index contributed by atoms with van der Waals surface area (Å²) in [7, 11) is 0. The molecule has 0 N–H and O–H groups in total. The summed E-state index contributed by atoms with van der Waals surface area (Å²) in [4.78, 5) is 10.9. The highest BCUT2D eigenvalue weighted by Gasteiger charge is 2.22. The predicted molar refractivity (Wildman–Crippen MR) is 346 cm³/mol. The summed E-state index contributed by atoms with van der Waals surface area (Å²) in [6, 6.07) is 83.8. The van der Waals surface area contributed by atoms with Crippen LogP contribution in [0.15, 0.2) is 263 Å². The summed E-state index contributed by atoms with van der Waals surface area (Å²) >= 11 is 0. The minimum Gasteiger partial charge on any atom is -0.456 e. The highest BCUT2D eigenvalue weighted by molar-refractivity contribution is 6.19. The van der Waals surface area contributed by atoms with Crippen molar-refractivity contribution in [2.24, 2.45) is 0 Å². The minimum atomic E-state index is 0.613. The molecule has 8 heteroatoms. The van der Waals surface area contributed by atoms with Crippen molar-refractivity contribution >= 4 is 132 Å². The molecule has 392 valence electrons. The fourth-order valence-electron chi connectivity index (χ4n) is 13.4. The lowest BCUT2D eigenvalue weighted by atomic mass is 10.1. The summed E-state index contributed by atoms with van der Waals surface area (Å²) < 4.78 is 26.3. The standard InChI is InChI=1S/C76H45N5O3/c1-3-50-59-37-56-51-18-5-10-23-64(51)79(67(56)41-73(59)82-70(50)4-2)47-32-28-44(29-33-47)62-40-63(46-16-15-17-49(36-46)81-66-25-12-7-20-53(66)58-39-61-55-22-9-14-27-72(55)84-75(61)43-69(58)81)78-76(77-62)45-30-34-48(35-31-45)80-65-24-11-6-19-52(65)57-38-60-54-21-8-13-26-71(54)83-74(60)42-68(57)80/h3-43H,1-2H2. The Hall–Kier alpha value is -11.5. The molecule has 0 spiro atoms. The van der Waals surface area contributed by atoms with E-state index < -0.39 is 0 Å². The molecule has 0 aliphatic heterocycles. The monoisotopic (exact) mass is 1080 g/mol. The zero-order valence-corrected chi connectivity index (χ0v) is 45.0. The molecule has 18 rings (SSSR count). The van der Waals surface area contributed by atoms with E-state index >= 15 is 0 Å². The van der Waals surface area contributed by atoms with Crippen molar-refractivity contribution in [2.75, 3.05) is 0 Å². The number of rotatable bonds is 8. The molecule has 18 aromatic rings. The van der Waals surface area contributed by atoms with E-state index in [0.29, 0.717) is 11.6 Å². The maximum atomic E-state index is 6.49. The van der Waals surface area contributed by atoms with Crippen molar-refractivity contribution in [3.8, 4) is 51.0 Å². The topological polar surface area (TPSA) is 80.0 Å². The Morgan fingerprint density at radius 3 is 1.24 bits per heavy atom. The van der Waals surface area contributed by atoms with Gasteiger partial charge in [-0.1, -0.05) is 134 Å². The second-order valence-corrected chi connectivity index (χ2v) is 21.7. The summed E-state index contributed by atoms with van der Waals surface area (Å²) in [6.07, 6.45) is 3.60. The number of hydrogen-bond donors (Lipinski definition) is 0. The van der Waals surface area contributed by atoms with E-state index in [1.807, 2.05) is 30.3 Å². The van der Waals surface area contributed by atoms with Crippen LogP contribution in [0.25, 0.3) is 183 Å². The number of aromatic nitrogens is 5. The molecule has 0 unspecified atom stereocenters. The van der Waals surface area contributed by atoms with Gasteiger partial charge in [-0.2, -0.15) is 0 Å². The molecule has 0 aliphatic carbocycles. The zero-order chi connectivity index (χ0) is 55.3. The SMILES string of the molecule is C=Cc1oc2cc3c(cc2c1C=C)c1ccccc1n3-c1ccc(-c2cc(-c3cccc(-n4c5ccccc5c5cc6c(cc54)oc4ccccc46)c3)nc(-c3ccc(-n4c5ccccc5c5cc6c(cc54)oc4ccccc46)cc3)n2)cc1. The van der Waals surface area contributed by atoms with Gasteiger partial charge in [-0.05, 0) is 109 Å². The van der Waals surface area contributed by atoms with Crippen LogP contribution in [0.4, 0.5) is 0 Å². The van der Waals surface area contributed by atoms with Crippen molar-refractivity contribution in [3.05, 3.63) is 261 Å². The lowest BCUT2D eigenvalue weighted by Crippen LogP contribution is -1.99. The quantitative estimate of drug-likeness (QED) is 0.151. The summed E-state index contributed by atoms with van der Waals surface area (Å²) in [6.45, 7) is 8.11. The zero-order valence-electron chi connectivity index (χ0n) is 45.0. The normalized spacial score (nSPS) is 12.1. The molecule has 0 saturated carbocycles. The van der Waals surface area contributed by atoms with Gasteiger partial charge in [0.2, 0.25) is 0 Å². The van der Waals surface area contributed by atoms with Gasteiger partial charge in [-0.15, -0.1) is 0 Å². The Balaban J connectivity index is 0.795. The van der Waals surface area contributed by atoms with Crippen LogP contribution in [0.2, 0.25) is 0 Å². The summed E-state index contributed by atoms with van der Waals surface area (Å²) in [5.74, 6) is 1.32. The third kappa shape index (κ3) is 6.70. The van der Waals surface area contributed by atoms with Crippen LogP contribution in [-0.2, 0) is 0 Å². The van der Waals surface area contributed by atoms with Crippen LogP contribution < -0.4 is 0 Å². The summed E-state index contributed by atoms with van der Waals surface area (Å²) in [5, 5.41) is 12.4. The molecular weight excluding hydrogens is 1030 g/mol. The second kappa shape index (κ2) is 17.5. The van der Waals surface area contributed by atoms with Gasteiger partial charge >= 0.3 is 0 Å². The van der Waals surface area contributed by atoms with Crippen LogP contribution in [0, 0.1) is 0 Å². The average Bonchev–Trinajstić information content (AvgIpc) is 3.15. The van der Waals surface area contributed by atoms with Crippen molar-refractivity contribution in [1.29, 1.82) is 0 Å². The molecular formula is C76H45N5O3. The number of nitrogens with zero attached hydrogens (tertiary/aromatic N) is 5. The Morgan fingerprint density at radius 1 is 0.286 bits per heavy atom. The molecule has 0 fully saturated rings. The highest BCUT2D eigenvalue weighted by Crippen LogP contribution is 2.43. The Morgan fingerprint density at radius 2 is 0.726 bits per heavy atom. The van der Waals surface area contributed by atoms with E-state index in [2.05, 4.69) is 239 Å². The minimum absolute atomic E-state index is 0.613. The molecule has 7 aromatic heterocycles. The lowest BCUT2D eigenvalue weighted by molar-refractivity contribution is 0.604. The molecule has 0 aliphatic rings. The second-order valence-electron chi connectivity index (χ2n) is 21.7. The van der Waals surface area contributed by atoms with E-state index in [0.717, 1.165) is 155 Å². The first kappa shape index (κ1) is 46.3.